The third kappa shape index (κ3) is 1.36. The van der Waals surface area contributed by atoms with Crippen LogP contribution in [-0.4, -0.2) is 21.8 Å². The molecule has 0 fully saturated rings. The van der Waals surface area contributed by atoms with Crippen LogP contribution >= 0.6 is 0 Å². The Bertz CT molecular complexity index is 436. The zero-order valence-corrected chi connectivity index (χ0v) is 8.34. The summed E-state index contributed by atoms with van der Waals surface area (Å²) >= 11 is 0. The summed E-state index contributed by atoms with van der Waals surface area (Å²) in [6, 6.07) is 7.49. The van der Waals surface area contributed by atoms with Gasteiger partial charge in [-0.1, -0.05) is 37.3 Å². The zero-order valence-electron chi connectivity index (χ0n) is 8.34. The van der Waals surface area contributed by atoms with Crippen molar-refractivity contribution in [2.24, 2.45) is 0 Å². The van der Waals surface area contributed by atoms with E-state index in [1.165, 1.54) is 6.08 Å². The van der Waals surface area contributed by atoms with E-state index >= 15 is 0 Å². The lowest BCUT2D eigenvalue weighted by Gasteiger charge is -2.31. The van der Waals surface area contributed by atoms with E-state index in [-0.39, 0.29) is 0 Å². The summed E-state index contributed by atoms with van der Waals surface area (Å²) in [7, 11) is 0. The lowest BCUT2D eigenvalue weighted by atomic mass is 9.77. The fraction of sp³-hybridized carbons (Fsp3) is 0.250. The Morgan fingerprint density at radius 3 is 2.73 bits per heavy atom. The highest BCUT2D eigenvalue weighted by Crippen LogP contribution is 2.36. The molecule has 1 aliphatic carbocycles. The highest BCUT2D eigenvalue weighted by atomic mass is 16.4. The van der Waals surface area contributed by atoms with Gasteiger partial charge < -0.3 is 10.2 Å². The SMILES string of the molecule is CC1c2ccccc2C=CC1(O)C(=O)O. The van der Waals surface area contributed by atoms with Crippen LogP contribution in [0.15, 0.2) is 30.3 Å². The van der Waals surface area contributed by atoms with Crippen LogP contribution < -0.4 is 0 Å². The van der Waals surface area contributed by atoms with Crippen LogP contribution in [0.1, 0.15) is 24.0 Å². The first-order chi connectivity index (χ1) is 7.05. The van der Waals surface area contributed by atoms with Gasteiger partial charge in [0.05, 0.1) is 0 Å². The Kier molecular flexibility index (Phi) is 2.12. The van der Waals surface area contributed by atoms with Crippen LogP contribution in [0.2, 0.25) is 0 Å². The maximum atomic E-state index is 11.0. The maximum absolute atomic E-state index is 11.0. The van der Waals surface area contributed by atoms with Gasteiger partial charge in [-0.3, -0.25) is 0 Å². The molecule has 0 spiro atoms. The predicted molar refractivity (Wildman–Crippen MR) is 56.5 cm³/mol. The average molecular weight is 204 g/mol. The summed E-state index contributed by atoms with van der Waals surface area (Å²) in [6.07, 6.45) is 3.01. The summed E-state index contributed by atoms with van der Waals surface area (Å²) in [4.78, 5) is 11.0. The number of carboxylic acid groups (broad SMARTS) is 1. The summed E-state index contributed by atoms with van der Waals surface area (Å²) < 4.78 is 0. The van der Waals surface area contributed by atoms with Gasteiger partial charge in [-0.05, 0) is 17.2 Å². The lowest BCUT2D eigenvalue weighted by Crippen LogP contribution is -2.43. The van der Waals surface area contributed by atoms with Gasteiger partial charge in [0, 0.05) is 5.92 Å². The molecule has 1 aromatic carbocycles. The van der Waals surface area contributed by atoms with Crippen LogP contribution in [0.25, 0.3) is 6.08 Å². The van der Waals surface area contributed by atoms with E-state index in [0.717, 1.165) is 11.1 Å². The zero-order chi connectivity index (χ0) is 11.1. The highest BCUT2D eigenvalue weighted by molar-refractivity contribution is 5.85. The molecule has 0 saturated heterocycles. The molecule has 0 heterocycles. The van der Waals surface area contributed by atoms with Crippen LogP contribution in [0, 0.1) is 0 Å². The Morgan fingerprint density at radius 1 is 1.40 bits per heavy atom. The first-order valence-corrected chi connectivity index (χ1v) is 4.79. The average Bonchev–Trinajstić information content (AvgIpc) is 2.24. The Labute approximate surface area is 87.7 Å². The monoisotopic (exact) mass is 204 g/mol. The first kappa shape index (κ1) is 9.93. The smallest absolute Gasteiger partial charge is 0.340 e. The summed E-state index contributed by atoms with van der Waals surface area (Å²) in [5, 5.41) is 19.0. The number of rotatable bonds is 1. The van der Waals surface area contributed by atoms with E-state index in [4.69, 9.17) is 5.11 Å². The topological polar surface area (TPSA) is 57.5 Å². The van der Waals surface area contributed by atoms with Crippen molar-refractivity contribution in [3.05, 3.63) is 41.5 Å². The van der Waals surface area contributed by atoms with Crippen LogP contribution in [0.5, 0.6) is 0 Å². The van der Waals surface area contributed by atoms with Crippen molar-refractivity contribution >= 4 is 12.0 Å². The van der Waals surface area contributed by atoms with Gasteiger partial charge >= 0.3 is 5.97 Å². The number of hydrogen-bond acceptors (Lipinski definition) is 2. The molecule has 78 valence electrons. The van der Waals surface area contributed by atoms with Gasteiger partial charge in [0.1, 0.15) is 0 Å². The Balaban J connectivity index is 2.54. The number of aliphatic carboxylic acids is 1. The van der Waals surface area contributed by atoms with Gasteiger partial charge in [0.2, 0.25) is 0 Å². The summed E-state index contributed by atoms with van der Waals surface area (Å²) in [5.74, 6) is -1.64. The third-order valence-corrected chi connectivity index (χ3v) is 2.98. The van der Waals surface area contributed by atoms with E-state index in [0.29, 0.717) is 0 Å². The molecule has 0 amide bonds. The number of fused-ring (bicyclic) bond motifs is 1. The molecule has 2 rings (SSSR count). The van der Waals surface area contributed by atoms with Crippen molar-refractivity contribution < 1.29 is 15.0 Å². The number of carbonyl (C=O) groups is 1. The summed E-state index contributed by atoms with van der Waals surface area (Å²) in [6.45, 7) is 1.72. The molecule has 3 heteroatoms. The minimum absolute atomic E-state index is 0.434. The van der Waals surface area contributed by atoms with Crippen LogP contribution in [0.3, 0.4) is 0 Å². The standard InChI is InChI=1S/C12H12O3/c1-8-10-5-3-2-4-9(10)6-7-12(8,15)11(13)14/h2-8,15H,1H3,(H,13,14). The first-order valence-electron chi connectivity index (χ1n) is 4.79. The van der Waals surface area contributed by atoms with E-state index in [9.17, 15) is 9.90 Å². The number of hydrogen-bond donors (Lipinski definition) is 2. The molecule has 1 aliphatic rings. The third-order valence-electron chi connectivity index (χ3n) is 2.98. The van der Waals surface area contributed by atoms with Crippen molar-refractivity contribution in [1.29, 1.82) is 0 Å². The molecule has 15 heavy (non-hydrogen) atoms. The molecular weight excluding hydrogens is 192 g/mol. The van der Waals surface area contributed by atoms with Crippen molar-refractivity contribution in [3.63, 3.8) is 0 Å². The second-order valence-electron chi connectivity index (χ2n) is 3.81. The normalized spacial score (nSPS) is 28.5. The van der Waals surface area contributed by atoms with Crippen molar-refractivity contribution in [1.82, 2.24) is 0 Å². The molecule has 2 atom stereocenters. The quantitative estimate of drug-likeness (QED) is 0.731. The lowest BCUT2D eigenvalue weighted by molar-refractivity contribution is -0.155. The van der Waals surface area contributed by atoms with Crippen molar-refractivity contribution in [3.8, 4) is 0 Å². The molecule has 1 aromatic rings. The number of benzene rings is 1. The molecule has 0 aromatic heterocycles. The van der Waals surface area contributed by atoms with Gasteiger partial charge in [-0.15, -0.1) is 0 Å². The van der Waals surface area contributed by atoms with Gasteiger partial charge in [-0.2, -0.15) is 0 Å². The fourth-order valence-corrected chi connectivity index (χ4v) is 1.91. The van der Waals surface area contributed by atoms with Crippen molar-refractivity contribution in [2.45, 2.75) is 18.4 Å². The summed E-state index contributed by atoms with van der Waals surface area (Å²) in [5.41, 5.74) is 0.0507. The maximum Gasteiger partial charge on any atom is 0.340 e. The molecule has 0 radical (unpaired) electrons. The van der Waals surface area contributed by atoms with Gasteiger partial charge in [0.25, 0.3) is 0 Å². The van der Waals surface area contributed by atoms with E-state index < -0.39 is 17.5 Å². The highest BCUT2D eigenvalue weighted by Gasteiger charge is 2.42. The Morgan fingerprint density at radius 2 is 2.07 bits per heavy atom. The van der Waals surface area contributed by atoms with E-state index in [2.05, 4.69) is 0 Å². The predicted octanol–water partition coefficient (Wildman–Crippen LogP) is 1.63. The Hall–Kier alpha value is -1.61. The van der Waals surface area contributed by atoms with Gasteiger partial charge in [0.15, 0.2) is 5.60 Å². The molecule has 0 bridgehead atoms. The minimum Gasteiger partial charge on any atom is -0.479 e. The fourth-order valence-electron chi connectivity index (χ4n) is 1.91. The van der Waals surface area contributed by atoms with Gasteiger partial charge in [-0.25, -0.2) is 4.79 Å². The molecule has 0 saturated carbocycles. The molecule has 2 unspecified atom stereocenters. The van der Waals surface area contributed by atoms with E-state index in [1.54, 1.807) is 13.0 Å². The molecular formula is C12H12O3. The van der Waals surface area contributed by atoms with E-state index in [1.807, 2.05) is 24.3 Å². The second-order valence-corrected chi connectivity index (χ2v) is 3.81. The number of carboxylic acids is 1. The molecule has 3 nitrogen and oxygen atoms in total. The van der Waals surface area contributed by atoms with Crippen molar-refractivity contribution in [2.75, 3.05) is 0 Å². The molecule has 0 aliphatic heterocycles. The van der Waals surface area contributed by atoms with Crippen LogP contribution in [-0.2, 0) is 4.79 Å². The molecule has 2 N–H and O–H groups in total. The largest absolute Gasteiger partial charge is 0.479 e. The number of aliphatic hydroxyl groups is 1. The van der Waals surface area contributed by atoms with Crippen LogP contribution in [0.4, 0.5) is 0 Å². The minimum atomic E-state index is -1.78. The second kappa shape index (κ2) is 3.21.